The number of benzene rings is 2. The molecule has 0 bridgehead atoms. The molecule has 0 saturated carbocycles. The zero-order chi connectivity index (χ0) is 23.7. The molecule has 178 valence electrons. The summed E-state index contributed by atoms with van der Waals surface area (Å²) in [4.78, 5) is 21.4. The summed E-state index contributed by atoms with van der Waals surface area (Å²) >= 11 is 0. The molecular formula is C25H27FN4O3S. The number of piperidine rings is 1. The van der Waals surface area contributed by atoms with Crippen LogP contribution in [-0.2, 0) is 14.8 Å². The topological polar surface area (TPSA) is 73.8 Å². The van der Waals surface area contributed by atoms with Gasteiger partial charge in [0.2, 0.25) is 15.9 Å². The summed E-state index contributed by atoms with van der Waals surface area (Å²) in [5.41, 5.74) is 1.03. The van der Waals surface area contributed by atoms with Crippen LogP contribution in [0.25, 0.3) is 10.9 Å². The van der Waals surface area contributed by atoms with Crippen LogP contribution in [0.15, 0.2) is 65.7 Å². The van der Waals surface area contributed by atoms with Crippen LogP contribution in [0.2, 0.25) is 0 Å². The van der Waals surface area contributed by atoms with Crippen LogP contribution in [0.1, 0.15) is 12.8 Å². The number of hydrogen-bond donors (Lipinski definition) is 0. The van der Waals surface area contributed by atoms with Crippen molar-refractivity contribution in [3.05, 3.63) is 66.6 Å². The second kappa shape index (κ2) is 9.31. The van der Waals surface area contributed by atoms with Gasteiger partial charge in [-0.05, 0) is 37.1 Å². The van der Waals surface area contributed by atoms with E-state index in [0.29, 0.717) is 63.3 Å². The summed E-state index contributed by atoms with van der Waals surface area (Å²) in [6.07, 6.45) is 2.58. The summed E-state index contributed by atoms with van der Waals surface area (Å²) in [6.45, 7) is 2.83. The molecule has 1 aromatic heterocycles. The molecule has 2 aliphatic rings. The summed E-state index contributed by atoms with van der Waals surface area (Å²) < 4.78 is 42.2. The summed E-state index contributed by atoms with van der Waals surface area (Å²) in [5.74, 6) is -0.383. The molecule has 2 aliphatic heterocycles. The van der Waals surface area contributed by atoms with Crippen LogP contribution < -0.4 is 4.90 Å². The Labute approximate surface area is 198 Å². The van der Waals surface area contributed by atoms with Crippen LogP contribution in [-0.4, -0.2) is 67.8 Å². The zero-order valence-electron chi connectivity index (χ0n) is 18.8. The number of para-hydroxylation sites is 2. The molecule has 9 heteroatoms. The molecule has 2 aromatic carbocycles. The van der Waals surface area contributed by atoms with Crippen LogP contribution in [0.5, 0.6) is 0 Å². The van der Waals surface area contributed by atoms with Gasteiger partial charge in [-0.15, -0.1) is 0 Å². The number of rotatable bonds is 4. The molecule has 0 radical (unpaired) electrons. The first-order chi connectivity index (χ1) is 16.4. The molecule has 0 atom stereocenters. The molecule has 2 saturated heterocycles. The molecule has 7 nitrogen and oxygen atoms in total. The molecule has 0 spiro atoms. The largest absolute Gasteiger partial charge is 0.366 e. The minimum atomic E-state index is -3.70. The van der Waals surface area contributed by atoms with E-state index in [4.69, 9.17) is 0 Å². The van der Waals surface area contributed by atoms with Crippen LogP contribution >= 0.6 is 0 Å². The van der Waals surface area contributed by atoms with Crippen LogP contribution in [0, 0.1) is 11.7 Å². The van der Waals surface area contributed by atoms with Crippen molar-refractivity contribution in [3.63, 3.8) is 0 Å². The van der Waals surface area contributed by atoms with Gasteiger partial charge < -0.3 is 9.80 Å². The first-order valence-corrected chi connectivity index (χ1v) is 13.0. The molecule has 3 aromatic rings. The van der Waals surface area contributed by atoms with Gasteiger partial charge in [0.25, 0.3) is 0 Å². The molecule has 1 amide bonds. The fraction of sp³-hybridized carbons (Fsp3) is 0.360. The van der Waals surface area contributed by atoms with Gasteiger partial charge in [0.1, 0.15) is 10.7 Å². The number of fused-ring (bicyclic) bond motifs is 1. The Bertz CT molecular complexity index is 1300. The Hall–Kier alpha value is -3.04. The van der Waals surface area contributed by atoms with E-state index in [2.05, 4.69) is 4.98 Å². The number of pyridine rings is 1. The van der Waals surface area contributed by atoms with E-state index >= 15 is 0 Å². The Morgan fingerprint density at radius 2 is 1.59 bits per heavy atom. The lowest BCUT2D eigenvalue weighted by molar-refractivity contribution is -0.137. The zero-order valence-corrected chi connectivity index (χ0v) is 19.6. The van der Waals surface area contributed by atoms with Gasteiger partial charge in [-0.2, -0.15) is 4.31 Å². The second-order valence-electron chi connectivity index (χ2n) is 8.77. The number of amides is 1. The fourth-order valence-corrected chi connectivity index (χ4v) is 6.54. The van der Waals surface area contributed by atoms with Crippen molar-refractivity contribution in [2.24, 2.45) is 5.92 Å². The number of halogens is 1. The number of carbonyl (C=O) groups is 1. The maximum absolute atomic E-state index is 14.1. The van der Waals surface area contributed by atoms with Gasteiger partial charge >= 0.3 is 0 Å². The van der Waals surface area contributed by atoms with Crippen LogP contribution in [0.3, 0.4) is 0 Å². The smallest absolute Gasteiger partial charge is 0.245 e. The highest BCUT2D eigenvalue weighted by Gasteiger charge is 2.35. The molecule has 0 aliphatic carbocycles. The average molecular weight is 483 g/mol. The summed E-state index contributed by atoms with van der Waals surface area (Å²) in [5, 5.41) is 0.781. The van der Waals surface area contributed by atoms with Crippen molar-refractivity contribution in [1.29, 1.82) is 0 Å². The predicted octanol–water partition coefficient (Wildman–Crippen LogP) is 3.12. The van der Waals surface area contributed by atoms with Gasteiger partial charge in [-0.1, -0.05) is 30.3 Å². The van der Waals surface area contributed by atoms with E-state index in [0.717, 1.165) is 5.39 Å². The van der Waals surface area contributed by atoms with Gasteiger partial charge in [0, 0.05) is 56.8 Å². The Balaban J connectivity index is 1.21. The first kappa shape index (κ1) is 22.7. The molecule has 0 unspecified atom stereocenters. The van der Waals surface area contributed by atoms with Gasteiger partial charge in [0.15, 0.2) is 0 Å². The van der Waals surface area contributed by atoms with Crippen molar-refractivity contribution in [2.45, 2.75) is 17.7 Å². The number of hydrogen-bond acceptors (Lipinski definition) is 5. The maximum atomic E-state index is 14.1. The van der Waals surface area contributed by atoms with E-state index in [1.54, 1.807) is 36.5 Å². The minimum Gasteiger partial charge on any atom is -0.366 e. The molecule has 5 rings (SSSR count). The van der Waals surface area contributed by atoms with E-state index in [1.807, 2.05) is 28.0 Å². The minimum absolute atomic E-state index is 0.0667. The first-order valence-electron chi connectivity index (χ1n) is 11.6. The third-order valence-corrected chi connectivity index (χ3v) is 8.73. The monoisotopic (exact) mass is 482 g/mol. The molecule has 2 fully saturated rings. The lowest BCUT2D eigenvalue weighted by Crippen LogP contribution is -2.52. The highest BCUT2D eigenvalue weighted by Crippen LogP contribution is 2.29. The summed E-state index contributed by atoms with van der Waals surface area (Å²) in [6, 6.07) is 15.5. The van der Waals surface area contributed by atoms with E-state index in [1.165, 1.54) is 10.4 Å². The van der Waals surface area contributed by atoms with E-state index in [-0.39, 0.29) is 22.5 Å². The quantitative estimate of drug-likeness (QED) is 0.571. The van der Waals surface area contributed by atoms with Crippen LogP contribution in [0.4, 0.5) is 10.1 Å². The number of sulfonamides is 1. The maximum Gasteiger partial charge on any atom is 0.245 e. The van der Waals surface area contributed by atoms with E-state index < -0.39 is 10.0 Å². The predicted molar refractivity (Wildman–Crippen MR) is 128 cm³/mol. The normalized spacial score (nSPS) is 18.4. The van der Waals surface area contributed by atoms with E-state index in [9.17, 15) is 17.6 Å². The third-order valence-electron chi connectivity index (χ3n) is 6.80. The van der Waals surface area contributed by atoms with Crippen molar-refractivity contribution < 1.29 is 17.6 Å². The third kappa shape index (κ3) is 4.25. The Morgan fingerprint density at radius 3 is 2.32 bits per heavy atom. The molecular weight excluding hydrogens is 455 g/mol. The van der Waals surface area contributed by atoms with Crippen molar-refractivity contribution in [2.75, 3.05) is 44.2 Å². The number of carbonyl (C=O) groups excluding carboxylic acids is 1. The average Bonchev–Trinajstić information content (AvgIpc) is 2.88. The number of piperazine rings is 1. The molecule has 3 heterocycles. The highest BCUT2D eigenvalue weighted by atomic mass is 32.2. The van der Waals surface area contributed by atoms with Gasteiger partial charge in [-0.3, -0.25) is 9.78 Å². The number of anilines is 1. The number of nitrogens with zero attached hydrogens (tertiary/aromatic N) is 4. The van der Waals surface area contributed by atoms with Crippen molar-refractivity contribution in [3.8, 4) is 0 Å². The molecule has 0 N–H and O–H groups in total. The molecule has 34 heavy (non-hydrogen) atoms. The Kier molecular flexibility index (Phi) is 6.22. The SMILES string of the molecule is O=C(C1CCN(S(=O)(=O)c2cccc3cccnc23)CC1)N1CCN(c2ccccc2F)CC1. The van der Waals surface area contributed by atoms with Crippen molar-refractivity contribution in [1.82, 2.24) is 14.2 Å². The number of aromatic nitrogens is 1. The lowest BCUT2D eigenvalue weighted by Gasteiger charge is -2.39. The Morgan fingerprint density at radius 1 is 0.882 bits per heavy atom. The van der Waals surface area contributed by atoms with Crippen molar-refractivity contribution >= 4 is 32.5 Å². The lowest BCUT2D eigenvalue weighted by atomic mass is 9.96. The van der Waals surface area contributed by atoms with Gasteiger partial charge in [0.05, 0.1) is 11.2 Å². The fourth-order valence-electron chi connectivity index (χ4n) is 4.90. The summed E-state index contributed by atoms with van der Waals surface area (Å²) in [7, 11) is -3.70. The second-order valence-corrected chi connectivity index (χ2v) is 10.7. The highest BCUT2D eigenvalue weighted by molar-refractivity contribution is 7.89. The van der Waals surface area contributed by atoms with Gasteiger partial charge in [-0.25, -0.2) is 12.8 Å². The standard InChI is InChI=1S/C25H27FN4O3S/c26-21-7-1-2-8-22(21)28-15-17-29(18-16-28)25(31)20-10-13-30(14-11-20)34(32,33)23-9-3-5-19-6-4-12-27-24(19)23/h1-9,12,20H,10-11,13-18H2.